The van der Waals surface area contributed by atoms with Crippen LogP contribution in [-0.4, -0.2) is 92.7 Å². The Labute approximate surface area is 177 Å². The maximum absolute atomic E-state index is 12.0. The van der Waals surface area contributed by atoms with Crippen LogP contribution < -0.4 is 10.2 Å². The van der Waals surface area contributed by atoms with E-state index in [4.69, 9.17) is 16.3 Å². The predicted octanol–water partition coefficient (Wildman–Crippen LogP) is 1.46. The molecule has 1 unspecified atom stereocenters. The van der Waals surface area contributed by atoms with E-state index in [9.17, 15) is 4.79 Å². The smallest absolute Gasteiger partial charge is 0.243 e. The van der Waals surface area contributed by atoms with Crippen molar-refractivity contribution in [2.24, 2.45) is 4.99 Å². The van der Waals surface area contributed by atoms with Crippen molar-refractivity contribution < 1.29 is 9.53 Å². The highest BCUT2D eigenvalue weighted by molar-refractivity contribution is 6.33. The molecule has 1 aromatic rings. The minimum Gasteiger partial charge on any atom is -0.376 e. The van der Waals surface area contributed by atoms with Gasteiger partial charge in [0.2, 0.25) is 5.91 Å². The Balaban J connectivity index is 1.61. The molecule has 0 spiro atoms. The van der Waals surface area contributed by atoms with Gasteiger partial charge >= 0.3 is 0 Å². The van der Waals surface area contributed by atoms with E-state index < -0.39 is 0 Å². The number of halogens is 1. The molecular formula is C20H31ClN6O2. The lowest BCUT2D eigenvalue weighted by atomic mass is 10.1. The zero-order valence-corrected chi connectivity index (χ0v) is 18.1. The number of hydrogen-bond donors (Lipinski definition) is 1. The van der Waals surface area contributed by atoms with Crippen LogP contribution in [0.2, 0.25) is 5.02 Å². The molecule has 0 saturated carbocycles. The standard InChI is InChI=1S/C20H31ClN6O2/c1-25(2)19(28)15-24-20(23-13-16-5-3-4-12-29-16)27-10-8-26(9-11-27)18-6-7-22-14-17(18)21/h6-7,14,16H,3-5,8-13,15H2,1-2H3,(H,23,24). The molecule has 29 heavy (non-hydrogen) atoms. The second kappa shape index (κ2) is 10.6. The lowest BCUT2D eigenvalue weighted by Gasteiger charge is -2.38. The highest BCUT2D eigenvalue weighted by atomic mass is 35.5. The van der Waals surface area contributed by atoms with Crippen LogP contribution in [0, 0.1) is 0 Å². The van der Waals surface area contributed by atoms with Crippen molar-refractivity contribution in [1.82, 2.24) is 20.1 Å². The van der Waals surface area contributed by atoms with E-state index in [2.05, 4.69) is 25.1 Å². The molecule has 1 N–H and O–H groups in total. The first kappa shape index (κ1) is 21.6. The molecule has 8 nitrogen and oxygen atoms in total. The predicted molar refractivity (Wildman–Crippen MR) is 116 cm³/mol. The van der Waals surface area contributed by atoms with Crippen molar-refractivity contribution in [3.63, 3.8) is 0 Å². The van der Waals surface area contributed by atoms with Crippen LogP contribution in [0.1, 0.15) is 19.3 Å². The molecule has 2 saturated heterocycles. The molecule has 1 atom stereocenters. The summed E-state index contributed by atoms with van der Waals surface area (Å²) in [6.45, 7) is 4.92. The van der Waals surface area contributed by atoms with E-state index in [1.54, 1.807) is 31.4 Å². The van der Waals surface area contributed by atoms with Gasteiger partial charge in [0.25, 0.3) is 0 Å². The number of ether oxygens (including phenoxy) is 1. The average Bonchev–Trinajstić information content (AvgIpc) is 2.75. The first-order valence-corrected chi connectivity index (χ1v) is 10.6. The lowest BCUT2D eigenvalue weighted by molar-refractivity contribution is -0.127. The number of guanidine groups is 1. The van der Waals surface area contributed by atoms with E-state index in [0.29, 0.717) is 11.6 Å². The minimum absolute atomic E-state index is 0.0135. The second-order valence-corrected chi connectivity index (χ2v) is 8.01. The Hall–Kier alpha value is -2.06. The number of piperazine rings is 1. The summed E-state index contributed by atoms with van der Waals surface area (Å²) in [5.74, 6) is 0.760. The van der Waals surface area contributed by atoms with Gasteiger partial charge in [-0.15, -0.1) is 0 Å². The number of aliphatic imine (C=N–C) groups is 1. The molecule has 0 radical (unpaired) electrons. The van der Waals surface area contributed by atoms with Gasteiger partial charge < -0.3 is 24.8 Å². The van der Waals surface area contributed by atoms with Crippen LogP contribution in [0.5, 0.6) is 0 Å². The normalized spacial score (nSPS) is 20.5. The number of likely N-dealkylation sites (N-methyl/N-ethyl adjacent to an activating group) is 1. The summed E-state index contributed by atoms with van der Waals surface area (Å²) in [5.41, 5.74) is 1.01. The van der Waals surface area contributed by atoms with Crippen LogP contribution in [-0.2, 0) is 9.53 Å². The van der Waals surface area contributed by atoms with Crippen LogP contribution in [0.25, 0.3) is 0 Å². The molecule has 1 aromatic heterocycles. The maximum Gasteiger partial charge on any atom is 0.243 e. The summed E-state index contributed by atoms with van der Waals surface area (Å²) < 4.78 is 5.83. The average molecular weight is 423 g/mol. The number of nitrogens with one attached hydrogen (secondary N) is 1. The molecule has 160 valence electrons. The third-order valence-corrected chi connectivity index (χ3v) is 5.59. The zero-order chi connectivity index (χ0) is 20.6. The second-order valence-electron chi connectivity index (χ2n) is 7.60. The number of pyridine rings is 1. The molecule has 0 aromatic carbocycles. The van der Waals surface area contributed by atoms with Crippen LogP contribution in [0.3, 0.4) is 0 Å². The molecule has 2 fully saturated rings. The maximum atomic E-state index is 12.0. The molecule has 2 aliphatic heterocycles. The first-order valence-electron chi connectivity index (χ1n) is 10.2. The number of carbonyl (C=O) groups is 1. The van der Waals surface area contributed by atoms with Gasteiger partial charge in [0.1, 0.15) is 6.54 Å². The van der Waals surface area contributed by atoms with E-state index in [1.807, 2.05) is 6.07 Å². The number of hydrogen-bond acceptors (Lipinski definition) is 5. The molecule has 9 heteroatoms. The van der Waals surface area contributed by atoms with E-state index >= 15 is 0 Å². The van der Waals surface area contributed by atoms with Crippen molar-refractivity contribution in [2.45, 2.75) is 25.4 Å². The summed E-state index contributed by atoms with van der Waals surface area (Å²) in [6, 6.07) is 1.95. The Morgan fingerprint density at radius 3 is 2.79 bits per heavy atom. The van der Waals surface area contributed by atoms with Crippen molar-refractivity contribution >= 4 is 29.2 Å². The molecular weight excluding hydrogens is 392 g/mol. The van der Waals surface area contributed by atoms with E-state index in [1.165, 1.54) is 6.42 Å². The number of carbonyl (C=O) groups excluding carboxylic acids is 1. The van der Waals surface area contributed by atoms with Gasteiger partial charge in [-0.2, -0.15) is 0 Å². The number of amides is 1. The third-order valence-electron chi connectivity index (χ3n) is 5.30. The van der Waals surface area contributed by atoms with Gasteiger partial charge in [0, 0.05) is 65.8 Å². The van der Waals surface area contributed by atoms with E-state index in [0.717, 1.165) is 57.3 Å². The fourth-order valence-electron chi connectivity index (χ4n) is 3.51. The Kier molecular flexibility index (Phi) is 7.94. The molecule has 2 aliphatic rings. The minimum atomic E-state index is -0.0135. The summed E-state index contributed by atoms with van der Waals surface area (Å²) >= 11 is 6.30. The Morgan fingerprint density at radius 1 is 1.34 bits per heavy atom. The van der Waals surface area contributed by atoms with Crippen LogP contribution in [0.4, 0.5) is 5.69 Å². The van der Waals surface area contributed by atoms with Gasteiger partial charge in [0.05, 0.1) is 16.8 Å². The molecule has 3 heterocycles. The van der Waals surface area contributed by atoms with Crippen molar-refractivity contribution in [3.8, 4) is 0 Å². The topological polar surface area (TPSA) is 73.3 Å². The highest BCUT2D eigenvalue weighted by Crippen LogP contribution is 2.25. The first-order chi connectivity index (χ1) is 14.0. The van der Waals surface area contributed by atoms with E-state index in [-0.39, 0.29) is 18.6 Å². The fourth-order valence-corrected chi connectivity index (χ4v) is 3.75. The highest BCUT2D eigenvalue weighted by Gasteiger charge is 2.23. The SMILES string of the molecule is CN(C)C(=O)CN=C(NCC1CCCCO1)N1CCN(c2ccncc2Cl)CC1. The molecule has 1 amide bonds. The molecule has 0 aliphatic carbocycles. The summed E-state index contributed by atoms with van der Waals surface area (Å²) in [5, 5.41) is 4.11. The zero-order valence-electron chi connectivity index (χ0n) is 17.3. The van der Waals surface area contributed by atoms with Crippen molar-refractivity contribution in [3.05, 3.63) is 23.5 Å². The monoisotopic (exact) mass is 422 g/mol. The van der Waals surface area contributed by atoms with Gasteiger partial charge in [-0.05, 0) is 25.3 Å². The fraction of sp³-hybridized carbons (Fsp3) is 0.650. The summed E-state index contributed by atoms with van der Waals surface area (Å²) in [7, 11) is 3.50. The van der Waals surface area contributed by atoms with Crippen LogP contribution in [0.15, 0.2) is 23.5 Å². The quantitative estimate of drug-likeness (QED) is 0.572. The Morgan fingerprint density at radius 2 is 2.14 bits per heavy atom. The van der Waals surface area contributed by atoms with Gasteiger partial charge in [-0.1, -0.05) is 11.6 Å². The Bertz CT molecular complexity index is 700. The van der Waals surface area contributed by atoms with Crippen LogP contribution >= 0.6 is 11.6 Å². The van der Waals surface area contributed by atoms with Gasteiger partial charge in [-0.3, -0.25) is 9.78 Å². The summed E-state index contributed by atoms with van der Waals surface area (Å²) in [4.78, 5) is 26.7. The van der Waals surface area contributed by atoms with Gasteiger partial charge in [0.15, 0.2) is 5.96 Å². The van der Waals surface area contributed by atoms with Crippen molar-refractivity contribution in [2.75, 3.05) is 64.9 Å². The number of rotatable bonds is 5. The van der Waals surface area contributed by atoms with Crippen molar-refractivity contribution in [1.29, 1.82) is 0 Å². The molecule has 0 bridgehead atoms. The number of nitrogens with zero attached hydrogens (tertiary/aromatic N) is 5. The largest absolute Gasteiger partial charge is 0.376 e. The van der Waals surface area contributed by atoms with Gasteiger partial charge in [-0.25, -0.2) is 4.99 Å². The lowest BCUT2D eigenvalue weighted by Crippen LogP contribution is -2.54. The third kappa shape index (κ3) is 6.21. The number of anilines is 1. The number of aromatic nitrogens is 1. The molecule has 3 rings (SSSR count). The summed E-state index contributed by atoms with van der Waals surface area (Å²) in [6.07, 6.45) is 7.03.